The summed E-state index contributed by atoms with van der Waals surface area (Å²) in [6.45, 7) is 0.469. The number of urea groups is 1. The molecule has 1 unspecified atom stereocenters. The molecule has 0 spiro atoms. The Morgan fingerprint density at radius 3 is 2.46 bits per heavy atom. The molecule has 1 heterocycles. The lowest BCUT2D eigenvalue weighted by molar-refractivity contribution is -0.140. The van der Waals surface area contributed by atoms with E-state index in [1.807, 2.05) is 30.3 Å². The van der Waals surface area contributed by atoms with Crippen LogP contribution in [0.4, 0.5) is 16.2 Å². The molecule has 1 atom stereocenters. The number of nitrogens with zero attached hydrogens (tertiary/aromatic N) is 3. The second-order valence-corrected chi connectivity index (χ2v) is 6.03. The first-order chi connectivity index (χ1) is 12.6. The maximum absolute atomic E-state index is 13.1. The maximum Gasteiger partial charge on any atom is 0.329 e. The van der Waals surface area contributed by atoms with Crippen LogP contribution in [0.2, 0.25) is 0 Å². The molecular formula is C20H19N3O3. The summed E-state index contributed by atoms with van der Waals surface area (Å²) >= 11 is 0. The van der Waals surface area contributed by atoms with Crippen molar-refractivity contribution in [3.63, 3.8) is 0 Å². The summed E-state index contributed by atoms with van der Waals surface area (Å²) < 4.78 is 4.73. The van der Waals surface area contributed by atoms with Crippen molar-refractivity contribution < 1.29 is 14.3 Å². The number of hydrogen-bond donors (Lipinski definition) is 0. The van der Waals surface area contributed by atoms with Gasteiger partial charge in [0.1, 0.15) is 0 Å². The highest BCUT2D eigenvalue weighted by Crippen LogP contribution is 2.30. The van der Waals surface area contributed by atoms with Crippen LogP contribution >= 0.6 is 0 Å². The van der Waals surface area contributed by atoms with Gasteiger partial charge in [-0.1, -0.05) is 18.2 Å². The van der Waals surface area contributed by atoms with Crippen molar-refractivity contribution in [1.29, 1.82) is 5.26 Å². The Balaban J connectivity index is 1.87. The van der Waals surface area contributed by atoms with Crippen molar-refractivity contribution in [2.45, 2.75) is 18.9 Å². The van der Waals surface area contributed by atoms with Crippen molar-refractivity contribution in [1.82, 2.24) is 0 Å². The van der Waals surface area contributed by atoms with E-state index in [4.69, 9.17) is 10.00 Å². The molecule has 2 aromatic carbocycles. The van der Waals surface area contributed by atoms with Crippen LogP contribution in [-0.2, 0) is 9.53 Å². The van der Waals surface area contributed by atoms with E-state index in [1.165, 1.54) is 7.11 Å². The van der Waals surface area contributed by atoms with E-state index in [0.717, 1.165) is 11.4 Å². The molecule has 2 aromatic rings. The fourth-order valence-corrected chi connectivity index (χ4v) is 3.11. The predicted octanol–water partition coefficient (Wildman–Crippen LogP) is 3.33. The lowest BCUT2D eigenvalue weighted by atomic mass is 10.1. The zero-order valence-electron chi connectivity index (χ0n) is 14.5. The molecule has 26 heavy (non-hydrogen) atoms. The van der Waals surface area contributed by atoms with Crippen LogP contribution in [0, 0.1) is 11.3 Å². The quantitative estimate of drug-likeness (QED) is 0.776. The molecule has 0 N–H and O–H groups in total. The van der Waals surface area contributed by atoms with Crippen LogP contribution in [-0.4, -0.2) is 31.7 Å². The molecule has 1 saturated heterocycles. The van der Waals surface area contributed by atoms with Crippen molar-refractivity contribution in [2.75, 3.05) is 23.5 Å². The topological polar surface area (TPSA) is 73.6 Å². The van der Waals surface area contributed by atoms with Crippen molar-refractivity contribution >= 4 is 23.4 Å². The minimum atomic E-state index is -0.290. The molecule has 2 amide bonds. The highest BCUT2D eigenvalue weighted by atomic mass is 16.5. The average molecular weight is 349 g/mol. The van der Waals surface area contributed by atoms with E-state index >= 15 is 0 Å². The van der Waals surface area contributed by atoms with Gasteiger partial charge in [0.2, 0.25) is 0 Å². The molecule has 0 aliphatic carbocycles. The fourth-order valence-electron chi connectivity index (χ4n) is 3.11. The normalized spacial score (nSPS) is 16.5. The number of anilines is 2. The van der Waals surface area contributed by atoms with Gasteiger partial charge in [-0.3, -0.25) is 14.6 Å². The summed E-state index contributed by atoms with van der Waals surface area (Å²) in [6, 6.07) is 18.1. The summed E-state index contributed by atoms with van der Waals surface area (Å²) in [5.74, 6) is -0.290. The third-order valence-corrected chi connectivity index (χ3v) is 4.45. The van der Waals surface area contributed by atoms with Crippen molar-refractivity contribution in [3.05, 3.63) is 60.2 Å². The Morgan fingerprint density at radius 2 is 1.85 bits per heavy atom. The summed E-state index contributed by atoms with van der Waals surface area (Å²) in [5, 5.41) is 8.94. The first-order valence-electron chi connectivity index (χ1n) is 8.37. The van der Waals surface area contributed by atoms with Gasteiger partial charge >= 0.3 is 12.0 Å². The zero-order chi connectivity index (χ0) is 18.5. The molecule has 6 nitrogen and oxygen atoms in total. The Kier molecular flexibility index (Phi) is 5.18. The summed E-state index contributed by atoms with van der Waals surface area (Å²) in [4.78, 5) is 28.0. The number of ether oxygens (including phenoxy) is 1. The van der Waals surface area contributed by atoms with Crippen LogP contribution in [0.25, 0.3) is 0 Å². The molecule has 0 aromatic heterocycles. The van der Waals surface area contributed by atoms with Gasteiger partial charge in [0.15, 0.2) is 0 Å². The molecule has 1 aliphatic heterocycles. The standard InChI is InChI=1S/C20H19N3O3/c1-26-19(24)12-11-18-14-22(16-9-7-15(13-21)8-10-16)20(25)23(18)17-5-3-2-4-6-17/h2-10,18H,11-12,14H2,1H3. The lowest BCUT2D eigenvalue weighted by Gasteiger charge is -2.23. The van der Waals surface area contributed by atoms with Crippen LogP contribution in [0.1, 0.15) is 18.4 Å². The largest absolute Gasteiger partial charge is 0.469 e. The van der Waals surface area contributed by atoms with E-state index in [1.54, 1.807) is 34.1 Å². The number of esters is 1. The first-order valence-corrected chi connectivity index (χ1v) is 8.37. The maximum atomic E-state index is 13.1. The van der Waals surface area contributed by atoms with Gasteiger partial charge in [0, 0.05) is 24.3 Å². The Labute approximate surface area is 152 Å². The Bertz CT molecular complexity index is 828. The minimum Gasteiger partial charge on any atom is -0.469 e. The number of benzene rings is 2. The lowest BCUT2D eigenvalue weighted by Crippen LogP contribution is -2.35. The van der Waals surface area contributed by atoms with Gasteiger partial charge in [-0.15, -0.1) is 0 Å². The third kappa shape index (κ3) is 3.52. The van der Waals surface area contributed by atoms with Gasteiger partial charge in [-0.05, 0) is 42.8 Å². The van der Waals surface area contributed by atoms with E-state index in [0.29, 0.717) is 18.5 Å². The molecule has 1 aliphatic rings. The number of methoxy groups -OCH3 is 1. The van der Waals surface area contributed by atoms with Gasteiger partial charge in [0.25, 0.3) is 0 Å². The van der Waals surface area contributed by atoms with Gasteiger partial charge < -0.3 is 4.74 Å². The number of para-hydroxylation sites is 1. The molecule has 0 saturated carbocycles. The third-order valence-electron chi connectivity index (χ3n) is 4.45. The number of carbonyl (C=O) groups is 2. The average Bonchev–Trinajstić information content (AvgIpc) is 3.03. The number of rotatable bonds is 5. The summed E-state index contributed by atoms with van der Waals surface area (Å²) in [7, 11) is 1.36. The van der Waals surface area contributed by atoms with Crippen LogP contribution in [0.5, 0.6) is 0 Å². The minimum absolute atomic E-state index is 0.139. The number of nitriles is 1. The van der Waals surface area contributed by atoms with Gasteiger partial charge in [-0.2, -0.15) is 5.26 Å². The van der Waals surface area contributed by atoms with Crippen LogP contribution in [0.15, 0.2) is 54.6 Å². The molecule has 0 radical (unpaired) electrons. The molecule has 1 fully saturated rings. The van der Waals surface area contributed by atoms with Gasteiger partial charge in [-0.25, -0.2) is 4.79 Å². The van der Waals surface area contributed by atoms with E-state index in [9.17, 15) is 9.59 Å². The van der Waals surface area contributed by atoms with Crippen LogP contribution < -0.4 is 9.80 Å². The van der Waals surface area contributed by atoms with Gasteiger partial charge in [0.05, 0.1) is 24.8 Å². The number of amides is 2. The van der Waals surface area contributed by atoms with E-state index in [-0.39, 0.29) is 24.5 Å². The second kappa shape index (κ2) is 7.70. The molecular weight excluding hydrogens is 330 g/mol. The smallest absolute Gasteiger partial charge is 0.329 e. The molecule has 6 heteroatoms. The fraction of sp³-hybridized carbons (Fsp3) is 0.250. The Morgan fingerprint density at radius 1 is 1.15 bits per heavy atom. The predicted molar refractivity (Wildman–Crippen MR) is 97.9 cm³/mol. The van der Waals surface area contributed by atoms with E-state index in [2.05, 4.69) is 6.07 Å². The van der Waals surface area contributed by atoms with Crippen LogP contribution in [0.3, 0.4) is 0 Å². The number of carbonyl (C=O) groups excluding carboxylic acids is 2. The molecule has 0 bridgehead atoms. The highest BCUT2D eigenvalue weighted by molar-refractivity contribution is 6.06. The molecule has 3 rings (SSSR count). The van der Waals surface area contributed by atoms with Crippen molar-refractivity contribution in [2.24, 2.45) is 0 Å². The van der Waals surface area contributed by atoms with Crippen molar-refractivity contribution in [3.8, 4) is 6.07 Å². The molecule has 132 valence electrons. The monoisotopic (exact) mass is 349 g/mol. The second-order valence-electron chi connectivity index (χ2n) is 6.03. The SMILES string of the molecule is COC(=O)CCC1CN(c2ccc(C#N)cc2)C(=O)N1c1ccccc1. The first kappa shape index (κ1) is 17.5. The Hall–Kier alpha value is -3.33. The number of hydrogen-bond acceptors (Lipinski definition) is 4. The summed E-state index contributed by atoms with van der Waals surface area (Å²) in [5.41, 5.74) is 2.07. The highest BCUT2D eigenvalue weighted by Gasteiger charge is 2.38. The zero-order valence-corrected chi connectivity index (χ0v) is 14.5. The summed E-state index contributed by atoms with van der Waals surface area (Å²) in [6.07, 6.45) is 0.763. The van der Waals surface area contributed by atoms with E-state index < -0.39 is 0 Å².